The first-order valence-electron chi connectivity index (χ1n) is 8.94. The number of carbonyl (C=O) groups is 1. The van der Waals surface area contributed by atoms with E-state index < -0.39 is 5.54 Å². The smallest absolute Gasteiger partial charge is 0.326 e. The standard InChI is InChI=1S/C18H35NO2/c1-16(2)15-19-18(17(20)21-3)13-11-9-7-5-4-6-8-10-12-14-18/h16,19H,4-15H2,1-3H3. The van der Waals surface area contributed by atoms with Crippen LogP contribution in [-0.2, 0) is 9.53 Å². The van der Waals surface area contributed by atoms with Gasteiger partial charge in [-0.1, -0.05) is 71.6 Å². The zero-order chi connectivity index (χ0) is 15.6. The quantitative estimate of drug-likeness (QED) is 0.779. The maximum atomic E-state index is 12.4. The summed E-state index contributed by atoms with van der Waals surface area (Å²) in [5.74, 6) is 0.494. The van der Waals surface area contributed by atoms with E-state index in [1.54, 1.807) is 0 Å². The third-order valence-corrected chi connectivity index (χ3v) is 4.63. The van der Waals surface area contributed by atoms with Gasteiger partial charge in [-0.15, -0.1) is 0 Å². The molecule has 0 amide bonds. The van der Waals surface area contributed by atoms with Crippen molar-refractivity contribution >= 4 is 5.97 Å². The minimum Gasteiger partial charge on any atom is -0.468 e. The van der Waals surface area contributed by atoms with Gasteiger partial charge in [0.15, 0.2) is 0 Å². The lowest BCUT2D eigenvalue weighted by molar-refractivity contribution is -0.149. The molecule has 1 rings (SSSR count). The fourth-order valence-corrected chi connectivity index (χ4v) is 3.26. The molecule has 0 aromatic carbocycles. The van der Waals surface area contributed by atoms with Crippen molar-refractivity contribution in [1.29, 1.82) is 0 Å². The maximum absolute atomic E-state index is 12.4. The second-order valence-corrected chi connectivity index (χ2v) is 7.03. The van der Waals surface area contributed by atoms with Crippen LogP contribution in [0.1, 0.15) is 84.5 Å². The van der Waals surface area contributed by atoms with Crippen molar-refractivity contribution in [2.45, 2.75) is 90.0 Å². The third kappa shape index (κ3) is 6.82. The number of hydrogen-bond donors (Lipinski definition) is 1. The molecule has 21 heavy (non-hydrogen) atoms. The summed E-state index contributed by atoms with van der Waals surface area (Å²) in [6.45, 7) is 5.26. The Morgan fingerprint density at radius 3 is 1.76 bits per heavy atom. The molecule has 3 heteroatoms. The molecular formula is C18H35NO2. The molecule has 1 saturated carbocycles. The average molecular weight is 297 g/mol. The lowest BCUT2D eigenvalue weighted by Gasteiger charge is -2.33. The molecule has 0 radical (unpaired) electrons. The predicted molar refractivity (Wildman–Crippen MR) is 88.4 cm³/mol. The highest BCUT2D eigenvalue weighted by atomic mass is 16.5. The van der Waals surface area contributed by atoms with Crippen molar-refractivity contribution in [2.24, 2.45) is 5.92 Å². The largest absolute Gasteiger partial charge is 0.468 e. The van der Waals surface area contributed by atoms with Crippen LogP contribution in [0, 0.1) is 5.92 Å². The molecule has 0 bridgehead atoms. The van der Waals surface area contributed by atoms with Gasteiger partial charge >= 0.3 is 5.97 Å². The second-order valence-electron chi connectivity index (χ2n) is 7.03. The molecule has 1 N–H and O–H groups in total. The number of hydrogen-bond acceptors (Lipinski definition) is 3. The predicted octanol–water partition coefficient (Wildman–Crippen LogP) is 4.45. The molecule has 0 aliphatic heterocycles. The lowest BCUT2D eigenvalue weighted by atomic mass is 9.85. The molecule has 0 aromatic rings. The van der Waals surface area contributed by atoms with Gasteiger partial charge in [0.25, 0.3) is 0 Å². The molecule has 0 spiro atoms. The topological polar surface area (TPSA) is 38.3 Å². The molecule has 1 aliphatic rings. The Bertz CT molecular complexity index is 277. The highest BCUT2D eigenvalue weighted by molar-refractivity contribution is 5.80. The lowest BCUT2D eigenvalue weighted by Crippen LogP contribution is -2.53. The third-order valence-electron chi connectivity index (χ3n) is 4.63. The number of ether oxygens (including phenoxy) is 1. The highest BCUT2D eigenvalue weighted by Gasteiger charge is 2.38. The van der Waals surface area contributed by atoms with Gasteiger partial charge in [0.1, 0.15) is 5.54 Å². The van der Waals surface area contributed by atoms with Gasteiger partial charge < -0.3 is 10.1 Å². The van der Waals surface area contributed by atoms with Crippen LogP contribution in [0.4, 0.5) is 0 Å². The van der Waals surface area contributed by atoms with E-state index in [1.807, 2.05) is 0 Å². The fraction of sp³-hybridized carbons (Fsp3) is 0.944. The van der Waals surface area contributed by atoms with Crippen LogP contribution in [0.25, 0.3) is 0 Å². The Morgan fingerprint density at radius 2 is 1.38 bits per heavy atom. The molecule has 1 aliphatic carbocycles. The van der Waals surface area contributed by atoms with Crippen molar-refractivity contribution in [3.05, 3.63) is 0 Å². The number of carbonyl (C=O) groups excluding carboxylic acids is 1. The van der Waals surface area contributed by atoms with E-state index in [-0.39, 0.29) is 5.97 Å². The van der Waals surface area contributed by atoms with Gasteiger partial charge in [0.2, 0.25) is 0 Å². The van der Waals surface area contributed by atoms with Crippen LogP contribution in [0.2, 0.25) is 0 Å². The minimum absolute atomic E-state index is 0.0554. The molecule has 124 valence electrons. The molecule has 0 unspecified atom stereocenters. The summed E-state index contributed by atoms with van der Waals surface area (Å²) in [4.78, 5) is 12.4. The zero-order valence-corrected chi connectivity index (χ0v) is 14.4. The number of esters is 1. The maximum Gasteiger partial charge on any atom is 0.326 e. The summed E-state index contributed by atoms with van der Waals surface area (Å²) in [6, 6.07) is 0. The zero-order valence-electron chi connectivity index (χ0n) is 14.4. The van der Waals surface area contributed by atoms with Gasteiger partial charge in [0, 0.05) is 0 Å². The van der Waals surface area contributed by atoms with Crippen LogP contribution in [-0.4, -0.2) is 25.2 Å². The van der Waals surface area contributed by atoms with Gasteiger partial charge in [-0.25, -0.2) is 0 Å². The Balaban J connectivity index is 2.72. The van der Waals surface area contributed by atoms with Gasteiger partial charge in [-0.3, -0.25) is 4.79 Å². The summed E-state index contributed by atoms with van der Waals surface area (Å²) in [7, 11) is 1.53. The van der Waals surface area contributed by atoms with Crippen LogP contribution >= 0.6 is 0 Å². The number of rotatable bonds is 4. The van der Waals surface area contributed by atoms with Crippen molar-refractivity contribution in [3.63, 3.8) is 0 Å². The first kappa shape index (κ1) is 18.5. The monoisotopic (exact) mass is 297 g/mol. The van der Waals surface area contributed by atoms with Crippen LogP contribution < -0.4 is 5.32 Å². The fourth-order valence-electron chi connectivity index (χ4n) is 3.26. The van der Waals surface area contributed by atoms with Crippen molar-refractivity contribution in [2.75, 3.05) is 13.7 Å². The first-order valence-corrected chi connectivity index (χ1v) is 8.94. The molecule has 0 atom stereocenters. The number of methoxy groups -OCH3 is 1. The van der Waals surface area contributed by atoms with Crippen molar-refractivity contribution in [1.82, 2.24) is 5.32 Å². The van der Waals surface area contributed by atoms with E-state index in [0.29, 0.717) is 5.92 Å². The molecule has 3 nitrogen and oxygen atoms in total. The van der Waals surface area contributed by atoms with Crippen LogP contribution in [0.15, 0.2) is 0 Å². The van der Waals surface area contributed by atoms with Crippen LogP contribution in [0.3, 0.4) is 0 Å². The Morgan fingerprint density at radius 1 is 0.952 bits per heavy atom. The molecule has 0 saturated heterocycles. The number of nitrogens with one attached hydrogen (secondary N) is 1. The summed E-state index contributed by atoms with van der Waals surface area (Å²) >= 11 is 0. The van der Waals surface area contributed by atoms with Crippen molar-refractivity contribution in [3.8, 4) is 0 Å². The molecule has 0 heterocycles. The van der Waals surface area contributed by atoms with E-state index in [2.05, 4.69) is 19.2 Å². The summed E-state index contributed by atoms with van der Waals surface area (Å²) < 4.78 is 5.15. The SMILES string of the molecule is COC(=O)C1(NCC(C)C)CCCCCCCCCCC1. The highest BCUT2D eigenvalue weighted by Crippen LogP contribution is 2.26. The summed E-state index contributed by atoms with van der Waals surface area (Å²) in [5, 5.41) is 3.56. The van der Waals surface area contributed by atoms with Gasteiger partial charge in [-0.2, -0.15) is 0 Å². The minimum atomic E-state index is -0.446. The Hall–Kier alpha value is -0.570. The van der Waals surface area contributed by atoms with E-state index in [1.165, 1.54) is 52.1 Å². The first-order chi connectivity index (χ1) is 10.1. The molecule has 1 fully saturated rings. The van der Waals surface area contributed by atoms with E-state index in [0.717, 1.165) is 32.2 Å². The second kappa shape index (κ2) is 10.2. The van der Waals surface area contributed by atoms with Crippen LogP contribution in [0.5, 0.6) is 0 Å². The Kier molecular flexibility index (Phi) is 8.98. The molecule has 0 aromatic heterocycles. The van der Waals surface area contributed by atoms with E-state index in [9.17, 15) is 4.79 Å². The summed E-state index contributed by atoms with van der Waals surface area (Å²) in [5.41, 5.74) is -0.446. The normalized spacial score (nSPS) is 21.3. The van der Waals surface area contributed by atoms with E-state index >= 15 is 0 Å². The van der Waals surface area contributed by atoms with E-state index in [4.69, 9.17) is 4.74 Å². The average Bonchev–Trinajstić information content (AvgIpc) is 2.46. The Labute approximate surface area is 131 Å². The summed E-state index contributed by atoms with van der Waals surface area (Å²) in [6.07, 6.45) is 13.3. The van der Waals surface area contributed by atoms with Gasteiger partial charge in [-0.05, 0) is 25.3 Å². The van der Waals surface area contributed by atoms with Gasteiger partial charge in [0.05, 0.1) is 7.11 Å². The van der Waals surface area contributed by atoms with Crippen molar-refractivity contribution < 1.29 is 9.53 Å². The molecular weight excluding hydrogens is 262 g/mol.